The summed E-state index contributed by atoms with van der Waals surface area (Å²) in [7, 11) is 0. The molecule has 80 valence electrons. The molecule has 0 saturated heterocycles. The maximum Gasteiger partial charge on any atom is 0.328 e. The van der Waals surface area contributed by atoms with Crippen LogP contribution < -0.4 is 5.73 Å². The lowest BCUT2D eigenvalue weighted by Gasteiger charge is -2.18. The summed E-state index contributed by atoms with van der Waals surface area (Å²) in [5, 5.41) is 19.3. The first-order valence-corrected chi connectivity index (χ1v) is 4.13. The minimum Gasteiger partial charge on any atom is -0.480 e. The van der Waals surface area contributed by atoms with E-state index in [0.717, 1.165) is 6.07 Å². The van der Waals surface area contributed by atoms with Crippen LogP contribution in [0.5, 0.6) is 0 Å². The van der Waals surface area contributed by atoms with Crippen LogP contribution in [0, 0.1) is 10.1 Å². The number of hydrogen-bond donors (Lipinski definition) is 2. The van der Waals surface area contributed by atoms with Crippen LogP contribution in [0.3, 0.4) is 0 Å². The van der Waals surface area contributed by atoms with Gasteiger partial charge in [0, 0.05) is 12.1 Å². The van der Waals surface area contributed by atoms with E-state index in [2.05, 4.69) is 0 Å². The molecule has 1 atom stereocenters. The van der Waals surface area contributed by atoms with E-state index in [1.165, 1.54) is 25.1 Å². The summed E-state index contributed by atoms with van der Waals surface area (Å²) in [5.41, 5.74) is 3.93. The van der Waals surface area contributed by atoms with Crippen LogP contribution in [0.25, 0.3) is 0 Å². The Kier molecular flexibility index (Phi) is 2.71. The van der Waals surface area contributed by atoms with Crippen LogP contribution in [0.1, 0.15) is 12.5 Å². The van der Waals surface area contributed by atoms with Crippen LogP contribution in [0.2, 0.25) is 0 Å². The van der Waals surface area contributed by atoms with Crippen molar-refractivity contribution in [2.24, 2.45) is 5.73 Å². The molecule has 0 saturated carbocycles. The average molecular weight is 210 g/mol. The van der Waals surface area contributed by atoms with Crippen LogP contribution in [0.4, 0.5) is 5.69 Å². The summed E-state index contributed by atoms with van der Waals surface area (Å²) in [4.78, 5) is 20.7. The van der Waals surface area contributed by atoms with Gasteiger partial charge in [0.2, 0.25) is 0 Å². The van der Waals surface area contributed by atoms with Gasteiger partial charge in [-0.15, -0.1) is 0 Å². The third-order valence-electron chi connectivity index (χ3n) is 2.10. The first kappa shape index (κ1) is 11.1. The maximum absolute atomic E-state index is 10.8. The topological polar surface area (TPSA) is 106 Å². The molecule has 0 bridgehead atoms. The number of carboxylic acids is 1. The zero-order valence-electron chi connectivity index (χ0n) is 8.01. The Hall–Kier alpha value is -1.95. The van der Waals surface area contributed by atoms with Gasteiger partial charge in [-0.3, -0.25) is 10.1 Å². The van der Waals surface area contributed by atoms with Gasteiger partial charge in [-0.25, -0.2) is 4.79 Å². The number of benzene rings is 1. The number of non-ortho nitro benzene ring substituents is 1. The van der Waals surface area contributed by atoms with Crippen molar-refractivity contribution in [1.82, 2.24) is 0 Å². The molecule has 0 spiro atoms. The number of rotatable bonds is 3. The van der Waals surface area contributed by atoms with Gasteiger partial charge in [0.25, 0.3) is 5.69 Å². The molecule has 1 aromatic carbocycles. The molecule has 0 aliphatic heterocycles. The van der Waals surface area contributed by atoms with Crippen molar-refractivity contribution in [3.05, 3.63) is 39.9 Å². The second kappa shape index (κ2) is 3.66. The fourth-order valence-corrected chi connectivity index (χ4v) is 1.07. The molecule has 0 amide bonds. The van der Waals surface area contributed by atoms with E-state index in [-0.39, 0.29) is 11.3 Å². The number of nitrogens with zero attached hydrogens (tertiary/aromatic N) is 1. The fraction of sp³-hybridized carbons (Fsp3) is 0.222. The Labute approximate surface area is 85.5 Å². The fourth-order valence-electron chi connectivity index (χ4n) is 1.07. The molecule has 6 heteroatoms. The molecule has 0 aromatic heterocycles. The highest BCUT2D eigenvalue weighted by Gasteiger charge is 2.31. The molecule has 0 radical (unpaired) electrons. The largest absolute Gasteiger partial charge is 0.480 e. The lowest BCUT2D eigenvalue weighted by Crippen LogP contribution is -2.41. The van der Waals surface area contributed by atoms with E-state index in [9.17, 15) is 14.9 Å². The molecule has 1 rings (SSSR count). The minimum absolute atomic E-state index is 0.176. The van der Waals surface area contributed by atoms with Gasteiger partial charge in [-0.05, 0) is 12.5 Å². The third kappa shape index (κ3) is 2.10. The van der Waals surface area contributed by atoms with Crippen molar-refractivity contribution >= 4 is 11.7 Å². The van der Waals surface area contributed by atoms with E-state index in [4.69, 9.17) is 10.8 Å². The molecule has 15 heavy (non-hydrogen) atoms. The monoisotopic (exact) mass is 210 g/mol. The van der Waals surface area contributed by atoms with E-state index in [0.29, 0.717) is 0 Å². The Balaban J connectivity index is 3.21. The summed E-state index contributed by atoms with van der Waals surface area (Å²) >= 11 is 0. The van der Waals surface area contributed by atoms with Gasteiger partial charge in [-0.1, -0.05) is 12.1 Å². The Morgan fingerprint density at radius 1 is 1.60 bits per heavy atom. The van der Waals surface area contributed by atoms with Crippen LogP contribution in [-0.2, 0) is 10.3 Å². The SMILES string of the molecule is C[C@](N)(C(=O)O)c1cccc([N+](=O)[O-])c1. The highest BCUT2D eigenvalue weighted by molar-refractivity contribution is 5.80. The highest BCUT2D eigenvalue weighted by Crippen LogP contribution is 2.22. The number of carbonyl (C=O) groups is 1. The smallest absolute Gasteiger partial charge is 0.328 e. The molecule has 0 aliphatic rings. The number of hydrogen-bond acceptors (Lipinski definition) is 4. The molecule has 0 aliphatic carbocycles. The number of nitro groups is 1. The lowest BCUT2D eigenvalue weighted by atomic mass is 9.93. The minimum atomic E-state index is -1.62. The van der Waals surface area contributed by atoms with Crippen molar-refractivity contribution in [3.8, 4) is 0 Å². The molecule has 0 unspecified atom stereocenters. The van der Waals surface area contributed by atoms with Gasteiger partial charge < -0.3 is 10.8 Å². The summed E-state index contributed by atoms with van der Waals surface area (Å²) in [6.07, 6.45) is 0. The predicted molar refractivity (Wildman–Crippen MR) is 52.3 cm³/mol. The summed E-state index contributed by atoms with van der Waals surface area (Å²) < 4.78 is 0. The second-order valence-electron chi connectivity index (χ2n) is 3.31. The standard InChI is InChI=1S/C9H10N2O4/c1-9(10,8(12)13)6-3-2-4-7(5-6)11(14)15/h2-5H,10H2,1H3,(H,12,13)/t9-/m1/s1. The van der Waals surface area contributed by atoms with Gasteiger partial charge in [0.15, 0.2) is 0 Å². The quantitative estimate of drug-likeness (QED) is 0.568. The number of nitrogens with two attached hydrogens (primary N) is 1. The number of carboxylic acid groups (broad SMARTS) is 1. The molecule has 0 fully saturated rings. The first-order valence-electron chi connectivity index (χ1n) is 4.13. The average Bonchev–Trinajstić information content (AvgIpc) is 2.17. The van der Waals surface area contributed by atoms with E-state index < -0.39 is 16.4 Å². The number of aliphatic carboxylic acids is 1. The highest BCUT2D eigenvalue weighted by atomic mass is 16.6. The maximum atomic E-state index is 10.8. The zero-order chi connectivity index (χ0) is 11.6. The molecule has 0 heterocycles. The number of nitro benzene ring substituents is 1. The lowest BCUT2D eigenvalue weighted by molar-refractivity contribution is -0.384. The summed E-state index contributed by atoms with van der Waals surface area (Å²) in [6, 6.07) is 5.29. The van der Waals surface area contributed by atoms with Gasteiger partial charge in [-0.2, -0.15) is 0 Å². The molecule has 1 aromatic rings. The van der Waals surface area contributed by atoms with Crippen LogP contribution in [-0.4, -0.2) is 16.0 Å². The van der Waals surface area contributed by atoms with Crippen molar-refractivity contribution in [1.29, 1.82) is 0 Å². The van der Waals surface area contributed by atoms with Crippen LogP contribution in [0.15, 0.2) is 24.3 Å². The van der Waals surface area contributed by atoms with E-state index in [1.54, 1.807) is 0 Å². The predicted octanol–water partition coefficient (Wildman–Crippen LogP) is 0.853. The molecule has 6 nitrogen and oxygen atoms in total. The second-order valence-corrected chi connectivity index (χ2v) is 3.31. The van der Waals surface area contributed by atoms with Gasteiger partial charge in [0.05, 0.1) is 4.92 Å². The van der Waals surface area contributed by atoms with E-state index in [1.807, 2.05) is 0 Å². The van der Waals surface area contributed by atoms with Crippen molar-refractivity contribution < 1.29 is 14.8 Å². The Morgan fingerprint density at radius 2 is 2.20 bits per heavy atom. The molecule has 3 N–H and O–H groups in total. The Morgan fingerprint density at radius 3 is 2.67 bits per heavy atom. The van der Waals surface area contributed by atoms with Crippen LogP contribution >= 0.6 is 0 Å². The zero-order valence-corrected chi connectivity index (χ0v) is 8.01. The van der Waals surface area contributed by atoms with Gasteiger partial charge in [0.1, 0.15) is 5.54 Å². The summed E-state index contributed by atoms with van der Waals surface area (Å²) in [5.74, 6) is -1.23. The molecular weight excluding hydrogens is 200 g/mol. The van der Waals surface area contributed by atoms with E-state index >= 15 is 0 Å². The Bertz CT molecular complexity index is 414. The normalized spacial score (nSPS) is 14.3. The summed E-state index contributed by atoms with van der Waals surface area (Å²) in [6.45, 7) is 1.29. The van der Waals surface area contributed by atoms with Crippen molar-refractivity contribution in [2.45, 2.75) is 12.5 Å². The van der Waals surface area contributed by atoms with Gasteiger partial charge >= 0.3 is 5.97 Å². The molecular formula is C9H10N2O4. The third-order valence-corrected chi connectivity index (χ3v) is 2.10. The van der Waals surface area contributed by atoms with Crippen molar-refractivity contribution in [3.63, 3.8) is 0 Å². The van der Waals surface area contributed by atoms with Crippen molar-refractivity contribution in [2.75, 3.05) is 0 Å². The first-order chi connectivity index (χ1) is 6.85.